The van der Waals surface area contributed by atoms with Crippen LogP contribution in [-0.4, -0.2) is 10.8 Å². The second kappa shape index (κ2) is 5.39. The summed E-state index contributed by atoms with van der Waals surface area (Å²) in [6, 6.07) is 9.81. The van der Waals surface area contributed by atoms with Crippen molar-refractivity contribution in [2.75, 3.05) is 0 Å². The molecule has 2 aromatic rings. The van der Waals surface area contributed by atoms with Gasteiger partial charge in [-0.15, -0.1) is 0 Å². The van der Waals surface area contributed by atoms with Crippen LogP contribution in [0.25, 0.3) is 11.1 Å². The highest BCUT2D eigenvalue weighted by molar-refractivity contribution is 5.96. The molecule has 88 valence electrons. The van der Waals surface area contributed by atoms with Crippen molar-refractivity contribution in [2.24, 2.45) is 0 Å². The van der Waals surface area contributed by atoms with Crippen LogP contribution < -0.4 is 0 Å². The Morgan fingerprint density at radius 2 is 1.71 bits per heavy atom. The van der Waals surface area contributed by atoms with Gasteiger partial charge in [-0.05, 0) is 42.7 Å². The van der Waals surface area contributed by atoms with Gasteiger partial charge in [0.1, 0.15) is 0 Å². The van der Waals surface area contributed by atoms with Gasteiger partial charge in [-0.3, -0.25) is 9.78 Å². The van der Waals surface area contributed by atoms with Crippen LogP contribution in [0, 0.1) is 6.92 Å². The number of benzene rings is 1. The molecule has 0 aliphatic heterocycles. The number of rotatable bonds is 2. The van der Waals surface area contributed by atoms with Crippen molar-refractivity contribution in [3.8, 4) is 11.1 Å². The molecule has 0 saturated heterocycles. The molecule has 1 heterocycles. The summed E-state index contributed by atoms with van der Waals surface area (Å²) in [7, 11) is 0. The molecule has 0 N–H and O–H groups in total. The fourth-order valence-electron chi connectivity index (χ4n) is 1.78. The number of carbonyl (C=O) groups excluding carboxylic acids is 1. The number of hydrogen-bond donors (Lipinski definition) is 0. The smallest absolute Gasteiger partial charge is 0.160 e. The first-order valence-electron chi connectivity index (χ1n) is 5.20. The number of nitrogens with zero attached hydrogens (tertiary/aromatic N) is 1. The number of aryl methyl sites for hydroxylation is 1. The van der Waals surface area contributed by atoms with Gasteiger partial charge in [0, 0.05) is 18.0 Å². The van der Waals surface area contributed by atoms with Crippen LogP contribution in [0.15, 0.2) is 42.7 Å². The van der Waals surface area contributed by atoms with E-state index in [0.717, 1.165) is 22.3 Å². The molecule has 0 bridgehead atoms. The Kier molecular flexibility index (Phi) is 4.16. The third kappa shape index (κ3) is 2.78. The molecule has 2 heteroatoms. The lowest BCUT2D eigenvalue weighted by Gasteiger charge is -2.06. The fraction of sp³-hybridized carbons (Fsp3) is 0.200. The minimum Gasteiger partial charge on any atom is -0.295 e. The average Bonchev–Trinajstić information content (AvgIpc) is 2.29. The standard InChI is InChI=1S/C14H13NO.CH4/c1-10-9-13(3-4-14(10)11(2)16)12-5-7-15-8-6-12;/h3-9H,1-2H3;1H4. The van der Waals surface area contributed by atoms with Gasteiger partial charge in [-0.25, -0.2) is 0 Å². The van der Waals surface area contributed by atoms with Crippen molar-refractivity contribution in [3.05, 3.63) is 53.9 Å². The monoisotopic (exact) mass is 227 g/mol. The van der Waals surface area contributed by atoms with Gasteiger partial charge < -0.3 is 0 Å². The Morgan fingerprint density at radius 3 is 2.24 bits per heavy atom. The zero-order chi connectivity index (χ0) is 11.5. The topological polar surface area (TPSA) is 30.0 Å². The molecule has 2 rings (SSSR count). The van der Waals surface area contributed by atoms with Crippen LogP contribution in [0.3, 0.4) is 0 Å². The predicted octanol–water partition coefficient (Wildman–Crippen LogP) is 3.90. The van der Waals surface area contributed by atoms with E-state index in [9.17, 15) is 4.79 Å². The molecular weight excluding hydrogens is 210 g/mol. The highest BCUT2D eigenvalue weighted by Gasteiger charge is 2.05. The van der Waals surface area contributed by atoms with Crippen LogP contribution >= 0.6 is 0 Å². The SMILES string of the molecule is C.CC(=O)c1ccc(-c2ccncc2)cc1C. The lowest BCUT2D eigenvalue weighted by Crippen LogP contribution is -1.95. The maximum atomic E-state index is 11.3. The number of hydrogen-bond acceptors (Lipinski definition) is 2. The van der Waals surface area contributed by atoms with Crippen LogP contribution in [0.5, 0.6) is 0 Å². The lowest BCUT2D eigenvalue weighted by atomic mass is 9.99. The van der Waals surface area contributed by atoms with Gasteiger partial charge in [0.15, 0.2) is 5.78 Å². The molecule has 0 fully saturated rings. The largest absolute Gasteiger partial charge is 0.295 e. The molecule has 17 heavy (non-hydrogen) atoms. The summed E-state index contributed by atoms with van der Waals surface area (Å²) in [5.41, 5.74) is 4.04. The Labute approximate surface area is 102 Å². The van der Waals surface area contributed by atoms with Crippen molar-refractivity contribution >= 4 is 5.78 Å². The van der Waals surface area contributed by atoms with Crippen molar-refractivity contribution < 1.29 is 4.79 Å². The van der Waals surface area contributed by atoms with E-state index in [0.29, 0.717) is 0 Å². The zero-order valence-electron chi connectivity index (χ0n) is 9.40. The van der Waals surface area contributed by atoms with Crippen LogP contribution in [-0.2, 0) is 0 Å². The second-order valence-electron chi connectivity index (χ2n) is 3.82. The Hall–Kier alpha value is -1.96. The van der Waals surface area contributed by atoms with Crippen LogP contribution in [0.2, 0.25) is 0 Å². The van der Waals surface area contributed by atoms with E-state index in [4.69, 9.17) is 0 Å². The average molecular weight is 227 g/mol. The molecule has 0 radical (unpaired) electrons. The molecule has 2 nitrogen and oxygen atoms in total. The van der Waals surface area contributed by atoms with Crippen molar-refractivity contribution in [1.82, 2.24) is 4.98 Å². The van der Waals surface area contributed by atoms with E-state index in [1.54, 1.807) is 19.3 Å². The lowest BCUT2D eigenvalue weighted by molar-refractivity contribution is 0.101. The van der Waals surface area contributed by atoms with Crippen molar-refractivity contribution in [2.45, 2.75) is 21.3 Å². The summed E-state index contributed by atoms with van der Waals surface area (Å²) in [6.07, 6.45) is 3.53. The highest BCUT2D eigenvalue weighted by atomic mass is 16.1. The number of Topliss-reactive ketones (excluding diaryl/α,β-unsaturated/α-hetero) is 1. The molecule has 0 spiro atoms. The molecule has 0 aliphatic rings. The molecule has 1 aromatic carbocycles. The van der Waals surface area contributed by atoms with E-state index in [2.05, 4.69) is 4.98 Å². The fourth-order valence-corrected chi connectivity index (χ4v) is 1.78. The quantitative estimate of drug-likeness (QED) is 0.728. The molecule has 1 aromatic heterocycles. The van der Waals surface area contributed by atoms with Crippen molar-refractivity contribution in [1.29, 1.82) is 0 Å². The zero-order valence-corrected chi connectivity index (χ0v) is 9.40. The van der Waals surface area contributed by atoms with E-state index < -0.39 is 0 Å². The normalized spacial score (nSPS) is 9.53. The number of carbonyl (C=O) groups is 1. The van der Waals surface area contributed by atoms with E-state index >= 15 is 0 Å². The Bertz CT molecular complexity index is 518. The Morgan fingerprint density at radius 1 is 1.06 bits per heavy atom. The number of aromatic nitrogens is 1. The number of pyridine rings is 1. The number of ketones is 1. The molecule has 0 saturated carbocycles. The minimum atomic E-state index is 0. The molecule has 0 unspecified atom stereocenters. The summed E-state index contributed by atoms with van der Waals surface area (Å²) < 4.78 is 0. The first kappa shape index (κ1) is 13.1. The molecule has 0 amide bonds. The van der Waals surface area contributed by atoms with E-state index in [-0.39, 0.29) is 13.2 Å². The van der Waals surface area contributed by atoms with E-state index in [1.807, 2.05) is 37.3 Å². The Balaban J connectivity index is 0.00000144. The second-order valence-corrected chi connectivity index (χ2v) is 3.82. The van der Waals surface area contributed by atoms with Gasteiger partial charge >= 0.3 is 0 Å². The highest BCUT2D eigenvalue weighted by Crippen LogP contribution is 2.21. The molecular formula is C15H17NO. The summed E-state index contributed by atoms with van der Waals surface area (Å²) >= 11 is 0. The summed E-state index contributed by atoms with van der Waals surface area (Å²) in [5.74, 6) is 0.110. The van der Waals surface area contributed by atoms with Crippen molar-refractivity contribution in [3.63, 3.8) is 0 Å². The summed E-state index contributed by atoms with van der Waals surface area (Å²) in [6.45, 7) is 3.55. The van der Waals surface area contributed by atoms with Gasteiger partial charge in [0.05, 0.1) is 0 Å². The van der Waals surface area contributed by atoms with Gasteiger partial charge in [-0.2, -0.15) is 0 Å². The van der Waals surface area contributed by atoms with Gasteiger partial charge in [-0.1, -0.05) is 25.6 Å². The van der Waals surface area contributed by atoms with Gasteiger partial charge in [0.25, 0.3) is 0 Å². The maximum absolute atomic E-state index is 11.3. The van der Waals surface area contributed by atoms with E-state index in [1.165, 1.54) is 0 Å². The summed E-state index contributed by atoms with van der Waals surface area (Å²) in [4.78, 5) is 15.3. The van der Waals surface area contributed by atoms with Crippen LogP contribution in [0.4, 0.5) is 0 Å². The predicted molar refractivity (Wildman–Crippen MR) is 71.1 cm³/mol. The maximum Gasteiger partial charge on any atom is 0.160 e. The van der Waals surface area contributed by atoms with Gasteiger partial charge in [0.2, 0.25) is 0 Å². The third-order valence-electron chi connectivity index (χ3n) is 2.62. The third-order valence-corrected chi connectivity index (χ3v) is 2.62. The molecule has 0 atom stereocenters. The summed E-state index contributed by atoms with van der Waals surface area (Å²) in [5, 5.41) is 0. The molecule has 0 aliphatic carbocycles. The first-order chi connectivity index (χ1) is 7.68. The first-order valence-corrected chi connectivity index (χ1v) is 5.20. The minimum absolute atomic E-state index is 0. The van der Waals surface area contributed by atoms with Crippen LogP contribution in [0.1, 0.15) is 30.3 Å².